The number of amides is 1. The maximum atomic E-state index is 13.2. The van der Waals surface area contributed by atoms with Crippen LogP contribution < -0.4 is 4.74 Å². The minimum absolute atomic E-state index is 0.0552. The first kappa shape index (κ1) is 23.3. The van der Waals surface area contributed by atoms with E-state index < -0.39 is 17.7 Å². The highest BCUT2D eigenvalue weighted by Gasteiger charge is 2.47. The van der Waals surface area contributed by atoms with E-state index in [4.69, 9.17) is 21.1 Å². The summed E-state index contributed by atoms with van der Waals surface area (Å²) in [6.45, 7) is 5.15. The van der Waals surface area contributed by atoms with Crippen molar-refractivity contribution in [1.29, 1.82) is 0 Å². The summed E-state index contributed by atoms with van der Waals surface area (Å²) < 4.78 is 11.0. The minimum atomic E-state index is -0.711. The van der Waals surface area contributed by atoms with E-state index in [9.17, 15) is 14.7 Å². The maximum Gasteiger partial charge on any atom is 0.295 e. The van der Waals surface area contributed by atoms with Crippen LogP contribution in [0.1, 0.15) is 55.3 Å². The Morgan fingerprint density at radius 3 is 2.55 bits per heavy atom. The van der Waals surface area contributed by atoms with Gasteiger partial charge in [0, 0.05) is 18.7 Å². The van der Waals surface area contributed by atoms with E-state index in [1.165, 1.54) is 12.0 Å². The molecule has 2 atom stereocenters. The Labute approximate surface area is 198 Å². The molecule has 2 aromatic carbocycles. The van der Waals surface area contributed by atoms with Gasteiger partial charge in [-0.3, -0.25) is 9.59 Å². The van der Waals surface area contributed by atoms with Crippen molar-refractivity contribution in [2.45, 2.75) is 44.8 Å². The number of likely N-dealkylation sites (tertiary alicyclic amines) is 1. The van der Waals surface area contributed by atoms with Gasteiger partial charge in [0.05, 0.1) is 29.9 Å². The molecule has 2 saturated heterocycles. The summed E-state index contributed by atoms with van der Waals surface area (Å²) in [7, 11) is 1.47. The van der Waals surface area contributed by atoms with Crippen molar-refractivity contribution in [3.05, 3.63) is 69.8 Å². The number of nitrogens with zero attached hydrogens (tertiary/aromatic N) is 1. The number of hydrogen-bond donors (Lipinski definition) is 1. The summed E-state index contributed by atoms with van der Waals surface area (Å²) in [6, 6.07) is 11.9. The van der Waals surface area contributed by atoms with Crippen LogP contribution in [0.25, 0.3) is 5.76 Å². The van der Waals surface area contributed by atoms with E-state index in [1.807, 2.05) is 24.3 Å². The fourth-order valence-electron chi connectivity index (χ4n) is 4.45. The Bertz CT molecular complexity index is 1090. The van der Waals surface area contributed by atoms with Crippen molar-refractivity contribution in [3.63, 3.8) is 0 Å². The molecule has 2 heterocycles. The zero-order valence-corrected chi connectivity index (χ0v) is 19.8. The summed E-state index contributed by atoms with van der Waals surface area (Å²) in [5.41, 5.74) is 2.33. The van der Waals surface area contributed by atoms with E-state index in [-0.39, 0.29) is 17.4 Å². The number of methoxy groups -OCH3 is 1. The number of Topliss-reactive ketones (excluding diaryl/α,β-unsaturated/α-hetero) is 1. The third kappa shape index (κ3) is 4.50. The van der Waals surface area contributed by atoms with Gasteiger partial charge in [0.1, 0.15) is 11.5 Å². The molecule has 7 heteroatoms. The van der Waals surface area contributed by atoms with E-state index in [2.05, 4.69) is 13.8 Å². The predicted octanol–water partition coefficient (Wildman–Crippen LogP) is 5.07. The van der Waals surface area contributed by atoms with E-state index in [0.717, 1.165) is 24.0 Å². The molecule has 0 bridgehead atoms. The van der Waals surface area contributed by atoms with Gasteiger partial charge in [-0.2, -0.15) is 0 Å². The molecule has 6 nitrogen and oxygen atoms in total. The summed E-state index contributed by atoms with van der Waals surface area (Å²) >= 11 is 6.13. The molecule has 0 saturated carbocycles. The number of benzene rings is 2. The summed E-state index contributed by atoms with van der Waals surface area (Å²) in [5, 5.41) is 11.6. The number of aliphatic hydroxyl groups excluding tert-OH is 1. The monoisotopic (exact) mass is 469 g/mol. The highest BCUT2D eigenvalue weighted by molar-refractivity contribution is 6.46. The van der Waals surface area contributed by atoms with E-state index in [0.29, 0.717) is 35.4 Å². The average Bonchev–Trinajstić information content (AvgIpc) is 3.41. The third-order valence-corrected chi connectivity index (χ3v) is 6.62. The lowest BCUT2D eigenvalue weighted by Gasteiger charge is -2.27. The third-order valence-electron chi connectivity index (χ3n) is 6.31. The zero-order valence-electron chi connectivity index (χ0n) is 19.0. The molecule has 0 radical (unpaired) electrons. The molecular weight excluding hydrogens is 442 g/mol. The van der Waals surface area contributed by atoms with Gasteiger partial charge in [-0.15, -0.1) is 0 Å². The lowest BCUT2D eigenvalue weighted by molar-refractivity contribution is -0.140. The van der Waals surface area contributed by atoms with Crippen molar-refractivity contribution < 1.29 is 24.2 Å². The molecule has 0 aliphatic carbocycles. The van der Waals surface area contributed by atoms with Crippen molar-refractivity contribution in [2.24, 2.45) is 0 Å². The van der Waals surface area contributed by atoms with Gasteiger partial charge in [-0.1, -0.05) is 49.7 Å². The molecule has 0 spiro atoms. The summed E-state index contributed by atoms with van der Waals surface area (Å²) in [6.07, 6.45) is 1.62. The average molecular weight is 470 g/mol. The minimum Gasteiger partial charge on any atom is -0.507 e. The maximum absolute atomic E-state index is 13.2. The van der Waals surface area contributed by atoms with E-state index in [1.54, 1.807) is 18.2 Å². The number of rotatable bonds is 6. The van der Waals surface area contributed by atoms with Crippen LogP contribution in [0, 0.1) is 0 Å². The van der Waals surface area contributed by atoms with Crippen molar-refractivity contribution >= 4 is 29.1 Å². The van der Waals surface area contributed by atoms with Crippen molar-refractivity contribution in [2.75, 3.05) is 20.3 Å². The number of carbonyl (C=O) groups excluding carboxylic acids is 2. The second-order valence-corrected chi connectivity index (χ2v) is 9.16. The number of aliphatic hydroxyl groups is 1. The van der Waals surface area contributed by atoms with Crippen molar-refractivity contribution in [1.82, 2.24) is 4.90 Å². The van der Waals surface area contributed by atoms with Crippen LogP contribution in [0.5, 0.6) is 5.75 Å². The normalized spacial score (nSPS) is 22.4. The molecule has 2 fully saturated rings. The molecule has 2 unspecified atom stereocenters. The first-order chi connectivity index (χ1) is 15.8. The SMILES string of the molecule is COc1cc(/C(O)=C2/C(=O)C(=O)N(CC3CCCO3)C2c2ccc(C(C)C)cc2)ccc1Cl. The van der Waals surface area contributed by atoms with Gasteiger partial charge in [-0.25, -0.2) is 0 Å². The van der Waals surface area contributed by atoms with Gasteiger partial charge < -0.3 is 19.5 Å². The molecule has 2 aromatic rings. The molecule has 1 N–H and O–H groups in total. The smallest absolute Gasteiger partial charge is 0.295 e. The van der Waals surface area contributed by atoms with Gasteiger partial charge in [0.15, 0.2) is 0 Å². The summed E-state index contributed by atoms with van der Waals surface area (Å²) in [4.78, 5) is 27.8. The zero-order chi connectivity index (χ0) is 23.7. The Balaban J connectivity index is 1.82. The number of ether oxygens (including phenoxy) is 2. The second kappa shape index (κ2) is 9.57. The van der Waals surface area contributed by atoms with Crippen LogP contribution in [-0.4, -0.2) is 48.1 Å². The van der Waals surface area contributed by atoms with Crippen LogP contribution in [0.15, 0.2) is 48.0 Å². The number of hydrogen-bond acceptors (Lipinski definition) is 5. The van der Waals surface area contributed by atoms with Gasteiger partial charge in [0.2, 0.25) is 0 Å². The van der Waals surface area contributed by atoms with Crippen molar-refractivity contribution in [3.8, 4) is 5.75 Å². The van der Waals surface area contributed by atoms with Gasteiger partial charge >= 0.3 is 0 Å². The lowest BCUT2D eigenvalue weighted by atomic mass is 9.93. The Hall–Kier alpha value is -2.83. The van der Waals surface area contributed by atoms with Gasteiger partial charge in [0.25, 0.3) is 11.7 Å². The Kier molecular flexibility index (Phi) is 6.77. The predicted molar refractivity (Wildman–Crippen MR) is 127 cm³/mol. The first-order valence-corrected chi connectivity index (χ1v) is 11.5. The molecule has 174 valence electrons. The fraction of sp³-hybridized carbons (Fsp3) is 0.385. The van der Waals surface area contributed by atoms with Crippen LogP contribution in [0.2, 0.25) is 5.02 Å². The standard InChI is InChI=1S/C26H28ClNO5/c1-15(2)16-6-8-17(9-7-16)23-22(24(29)18-10-11-20(27)21(13-18)32-3)25(30)26(31)28(23)14-19-5-4-12-33-19/h6-11,13,15,19,23,29H,4-5,12,14H2,1-3H3/b24-22-. The topological polar surface area (TPSA) is 76.1 Å². The van der Waals surface area contributed by atoms with Crippen LogP contribution >= 0.6 is 11.6 Å². The molecule has 1 amide bonds. The number of ketones is 1. The Morgan fingerprint density at radius 1 is 1.21 bits per heavy atom. The summed E-state index contributed by atoms with van der Waals surface area (Å²) in [5.74, 6) is -0.884. The number of carbonyl (C=O) groups is 2. The highest BCUT2D eigenvalue weighted by Crippen LogP contribution is 2.41. The molecular formula is C26H28ClNO5. The molecule has 33 heavy (non-hydrogen) atoms. The van der Waals surface area contributed by atoms with Gasteiger partial charge in [-0.05, 0) is 48.1 Å². The Morgan fingerprint density at radius 2 is 1.94 bits per heavy atom. The molecule has 0 aromatic heterocycles. The molecule has 4 rings (SSSR count). The molecule has 2 aliphatic rings. The van der Waals surface area contributed by atoms with Crippen LogP contribution in [-0.2, 0) is 14.3 Å². The van der Waals surface area contributed by atoms with Crippen LogP contribution in [0.4, 0.5) is 0 Å². The fourth-order valence-corrected chi connectivity index (χ4v) is 4.64. The molecule has 2 aliphatic heterocycles. The largest absolute Gasteiger partial charge is 0.507 e. The first-order valence-electron chi connectivity index (χ1n) is 11.2. The number of halogens is 1. The lowest BCUT2D eigenvalue weighted by Crippen LogP contribution is -2.36. The van der Waals surface area contributed by atoms with Crippen LogP contribution in [0.3, 0.4) is 0 Å². The second-order valence-electron chi connectivity index (χ2n) is 8.76. The van der Waals surface area contributed by atoms with E-state index >= 15 is 0 Å². The quantitative estimate of drug-likeness (QED) is 0.363. The highest BCUT2D eigenvalue weighted by atomic mass is 35.5.